The average molecular weight is 518 g/mol. The Morgan fingerprint density at radius 1 is 1.17 bits per heavy atom. The highest BCUT2D eigenvalue weighted by Crippen LogP contribution is 2.16. The van der Waals surface area contributed by atoms with Gasteiger partial charge in [0, 0.05) is 36.5 Å². The molecule has 0 bridgehead atoms. The highest BCUT2D eigenvalue weighted by molar-refractivity contribution is 6.30. The smallest absolute Gasteiger partial charge is 0.319 e. The number of nitrogens with one attached hydrogen (secondary N) is 2. The Hall–Kier alpha value is -3.01. The molecule has 0 fully saturated rings. The van der Waals surface area contributed by atoms with E-state index in [9.17, 15) is 14.4 Å². The average Bonchev–Trinajstić information content (AvgIpc) is 2.87. The van der Waals surface area contributed by atoms with Gasteiger partial charge in [0.1, 0.15) is 0 Å². The molecule has 10 heteroatoms. The number of ether oxygens (including phenoxy) is 1. The maximum Gasteiger partial charge on any atom is 0.319 e. The van der Waals surface area contributed by atoms with Crippen LogP contribution in [0.5, 0.6) is 0 Å². The molecule has 0 spiro atoms. The summed E-state index contributed by atoms with van der Waals surface area (Å²) in [5, 5.41) is 6.43. The van der Waals surface area contributed by atoms with Gasteiger partial charge < -0.3 is 20.7 Å². The molecule has 4 N–H and O–H groups in total. The molecule has 2 rings (SSSR count). The molecule has 0 saturated heterocycles. The molecular formula is C26H36ClN5O4. The Bertz CT molecular complexity index is 990. The molecule has 0 aliphatic heterocycles. The minimum Gasteiger partial charge on any atom is -0.465 e. The summed E-state index contributed by atoms with van der Waals surface area (Å²) >= 11 is 6.09. The number of hydrogen-bond donors (Lipinski definition) is 3. The summed E-state index contributed by atoms with van der Waals surface area (Å²) in [4.78, 5) is 44.0. The molecular weight excluding hydrogens is 482 g/mol. The fourth-order valence-corrected chi connectivity index (χ4v) is 3.90. The van der Waals surface area contributed by atoms with Crippen molar-refractivity contribution in [2.24, 2.45) is 5.73 Å². The first kappa shape index (κ1) is 29.2. The van der Waals surface area contributed by atoms with Crippen LogP contribution in [0.1, 0.15) is 43.5 Å². The number of halogens is 1. The summed E-state index contributed by atoms with van der Waals surface area (Å²) in [7, 11) is 0. The lowest BCUT2D eigenvalue weighted by Crippen LogP contribution is -2.51. The van der Waals surface area contributed by atoms with E-state index < -0.39 is 12.0 Å². The van der Waals surface area contributed by atoms with E-state index in [1.54, 1.807) is 25.3 Å². The van der Waals surface area contributed by atoms with Crippen molar-refractivity contribution in [3.8, 4) is 0 Å². The second-order valence-corrected chi connectivity index (χ2v) is 8.69. The molecule has 2 aromatic rings. The zero-order valence-corrected chi connectivity index (χ0v) is 21.7. The molecule has 36 heavy (non-hydrogen) atoms. The topological polar surface area (TPSA) is 127 Å². The summed E-state index contributed by atoms with van der Waals surface area (Å²) in [5.74, 6) is -0.989. The number of nitrogens with two attached hydrogens (primary N) is 1. The van der Waals surface area contributed by atoms with Crippen LogP contribution in [0.3, 0.4) is 0 Å². The number of carbonyl (C=O) groups is 3. The number of aryl methyl sites for hydroxylation is 1. The lowest BCUT2D eigenvalue weighted by Gasteiger charge is -2.27. The molecule has 0 aliphatic rings. The molecule has 0 radical (unpaired) electrons. The van der Waals surface area contributed by atoms with Crippen LogP contribution < -0.4 is 16.4 Å². The summed E-state index contributed by atoms with van der Waals surface area (Å²) in [6.07, 6.45) is 3.33. The van der Waals surface area contributed by atoms with E-state index >= 15 is 0 Å². The van der Waals surface area contributed by atoms with Gasteiger partial charge in [-0.2, -0.15) is 0 Å². The predicted molar refractivity (Wildman–Crippen MR) is 139 cm³/mol. The summed E-state index contributed by atoms with van der Waals surface area (Å²) in [6, 6.07) is 10.3. The molecule has 196 valence electrons. The lowest BCUT2D eigenvalue weighted by molar-refractivity contribution is -0.143. The first-order chi connectivity index (χ1) is 17.4. The zero-order chi connectivity index (χ0) is 26.3. The van der Waals surface area contributed by atoms with Crippen molar-refractivity contribution in [2.45, 2.75) is 52.2 Å². The molecule has 0 saturated carbocycles. The molecule has 1 atom stereocenters. The molecule has 1 heterocycles. The third kappa shape index (κ3) is 9.93. The van der Waals surface area contributed by atoms with Crippen molar-refractivity contribution >= 4 is 29.4 Å². The second kappa shape index (κ2) is 15.9. The Kier molecular flexibility index (Phi) is 12.9. The van der Waals surface area contributed by atoms with Gasteiger partial charge in [0.2, 0.25) is 11.8 Å². The lowest BCUT2D eigenvalue weighted by atomic mass is 10.1. The maximum atomic E-state index is 13.5. The number of rotatable bonds is 15. The van der Waals surface area contributed by atoms with Crippen LogP contribution >= 0.6 is 11.6 Å². The van der Waals surface area contributed by atoms with Gasteiger partial charge in [0.15, 0.2) is 0 Å². The first-order valence-electron chi connectivity index (χ1n) is 12.2. The minimum atomic E-state index is -0.674. The monoisotopic (exact) mass is 517 g/mol. The summed E-state index contributed by atoms with van der Waals surface area (Å²) in [6.45, 7) is 4.70. The predicted octanol–water partition coefficient (Wildman–Crippen LogP) is 2.20. The number of nitrogens with zero attached hydrogens (tertiary/aromatic N) is 2. The van der Waals surface area contributed by atoms with E-state index in [1.165, 1.54) is 4.90 Å². The van der Waals surface area contributed by atoms with Crippen LogP contribution in [0.25, 0.3) is 0 Å². The van der Waals surface area contributed by atoms with Crippen LogP contribution in [-0.4, -0.2) is 60.0 Å². The molecule has 0 aliphatic carbocycles. The quantitative estimate of drug-likeness (QED) is 0.309. The number of carbonyl (C=O) groups excluding carboxylic acids is 3. The number of aromatic nitrogens is 1. The molecule has 9 nitrogen and oxygen atoms in total. The standard InChI is InChI=1S/C26H36ClN5O4/c1-3-13-32(18-24(33)31-16-20-14-21(27)9-8-19(20)15-28)26(35)23(30-17-25(34)36-4-2)11-10-22-7-5-6-12-29-22/h5-9,12,14,23,30H,3-4,10-11,13,15-18,28H2,1-2H3,(H,31,33). The molecule has 1 aromatic carbocycles. The van der Waals surface area contributed by atoms with Gasteiger partial charge in [-0.15, -0.1) is 0 Å². The van der Waals surface area contributed by atoms with Crippen molar-refractivity contribution in [1.82, 2.24) is 20.5 Å². The fourth-order valence-electron chi connectivity index (χ4n) is 3.71. The van der Waals surface area contributed by atoms with E-state index in [0.717, 1.165) is 16.8 Å². The van der Waals surface area contributed by atoms with Crippen LogP contribution in [0.2, 0.25) is 5.02 Å². The third-order valence-electron chi connectivity index (χ3n) is 5.52. The SMILES string of the molecule is CCCN(CC(=O)NCc1cc(Cl)ccc1CN)C(=O)C(CCc1ccccn1)NCC(=O)OCC. The largest absolute Gasteiger partial charge is 0.465 e. The van der Waals surface area contributed by atoms with Crippen LogP contribution in [-0.2, 0) is 38.6 Å². The molecule has 2 amide bonds. The maximum absolute atomic E-state index is 13.5. The van der Waals surface area contributed by atoms with Gasteiger partial charge in [0.05, 0.1) is 25.7 Å². The van der Waals surface area contributed by atoms with Crippen LogP contribution in [0.15, 0.2) is 42.6 Å². The highest BCUT2D eigenvalue weighted by atomic mass is 35.5. The van der Waals surface area contributed by atoms with Gasteiger partial charge in [-0.05, 0) is 61.6 Å². The number of esters is 1. The fraction of sp³-hybridized carbons (Fsp3) is 0.462. The normalized spacial score (nSPS) is 11.6. The van der Waals surface area contributed by atoms with Crippen molar-refractivity contribution in [1.29, 1.82) is 0 Å². The minimum absolute atomic E-state index is 0.102. The number of amides is 2. The molecule has 1 unspecified atom stereocenters. The van der Waals surface area contributed by atoms with Crippen LogP contribution in [0.4, 0.5) is 0 Å². The van der Waals surface area contributed by atoms with Crippen molar-refractivity contribution in [3.05, 3.63) is 64.4 Å². The Morgan fingerprint density at radius 2 is 1.97 bits per heavy atom. The van der Waals surface area contributed by atoms with E-state index in [2.05, 4.69) is 15.6 Å². The van der Waals surface area contributed by atoms with E-state index in [-0.39, 0.29) is 38.1 Å². The highest BCUT2D eigenvalue weighted by Gasteiger charge is 2.26. The van der Waals surface area contributed by atoms with Gasteiger partial charge >= 0.3 is 5.97 Å². The molecule has 1 aromatic heterocycles. The van der Waals surface area contributed by atoms with Crippen molar-refractivity contribution < 1.29 is 19.1 Å². The number of hydrogen-bond acceptors (Lipinski definition) is 7. The Morgan fingerprint density at radius 3 is 2.64 bits per heavy atom. The summed E-state index contributed by atoms with van der Waals surface area (Å²) in [5.41, 5.74) is 8.34. The Labute approximate surface area is 217 Å². The van der Waals surface area contributed by atoms with Crippen LogP contribution in [0, 0.1) is 0 Å². The van der Waals surface area contributed by atoms with Gasteiger partial charge in [0.25, 0.3) is 0 Å². The summed E-state index contributed by atoms with van der Waals surface area (Å²) < 4.78 is 4.99. The zero-order valence-electron chi connectivity index (χ0n) is 21.0. The van der Waals surface area contributed by atoms with Gasteiger partial charge in [-0.3, -0.25) is 24.7 Å². The van der Waals surface area contributed by atoms with Gasteiger partial charge in [-0.1, -0.05) is 30.7 Å². The Balaban J connectivity index is 2.06. The second-order valence-electron chi connectivity index (χ2n) is 8.25. The van der Waals surface area contributed by atoms with E-state index in [4.69, 9.17) is 22.1 Å². The third-order valence-corrected chi connectivity index (χ3v) is 5.75. The van der Waals surface area contributed by atoms with E-state index in [0.29, 0.717) is 37.4 Å². The van der Waals surface area contributed by atoms with Gasteiger partial charge in [-0.25, -0.2) is 0 Å². The van der Waals surface area contributed by atoms with E-state index in [1.807, 2.05) is 31.2 Å². The van der Waals surface area contributed by atoms with Crippen molar-refractivity contribution in [3.63, 3.8) is 0 Å². The number of pyridine rings is 1. The van der Waals surface area contributed by atoms with Crippen molar-refractivity contribution in [2.75, 3.05) is 26.2 Å². The first-order valence-corrected chi connectivity index (χ1v) is 12.6. The number of benzene rings is 1.